The van der Waals surface area contributed by atoms with E-state index < -0.39 is 102 Å². The van der Waals surface area contributed by atoms with Crippen LogP contribution in [-0.4, -0.2) is 104 Å². The lowest BCUT2D eigenvalue weighted by molar-refractivity contribution is -0.208. The van der Waals surface area contributed by atoms with Gasteiger partial charge >= 0.3 is 0 Å². The van der Waals surface area contributed by atoms with Gasteiger partial charge in [-0.25, -0.2) is 0 Å². The molecule has 0 radical (unpaired) electrons. The Balaban J connectivity index is 1.70. The van der Waals surface area contributed by atoms with E-state index in [-0.39, 0.29) is 28.0 Å². The maximum absolute atomic E-state index is 13.6. The molecule has 1 aliphatic heterocycles. The summed E-state index contributed by atoms with van der Waals surface area (Å²) in [5, 5.41) is 73.2. The molecule has 0 unspecified atom stereocenters. The summed E-state index contributed by atoms with van der Waals surface area (Å²) in [7, 11) is 1.29. The third-order valence-electron chi connectivity index (χ3n) is 7.54. The van der Waals surface area contributed by atoms with Crippen LogP contribution >= 0.6 is 0 Å². The third kappa shape index (κ3) is 3.93. The van der Waals surface area contributed by atoms with Gasteiger partial charge in [0, 0.05) is 29.5 Å². The number of aliphatic hydroxyl groups excluding tert-OH is 4. The third-order valence-corrected chi connectivity index (χ3v) is 7.54. The molecule has 208 valence electrons. The van der Waals surface area contributed by atoms with Gasteiger partial charge in [-0.05, 0) is 6.07 Å². The second-order valence-corrected chi connectivity index (χ2v) is 9.71. The largest absolute Gasteiger partial charge is 0.507 e. The topological polar surface area (TPSA) is 221 Å². The van der Waals surface area contributed by atoms with Crippen molar-refractivity contribution in [3.8, 4) is 17.2 Å². The number of ketones is 3. The smallest absolute Gasteiger partial charge is 0.202 e. The molecule has 2 aromatic rings. The molecule has 2 aromatic carbocycles. The highest BCUT2D eigenvalue weighted by atomic mass is 16.7. The summed E-state index contributed by atoms with van der Waals surface area (Å²) in [5.74, 6) is -4.23. The van der Waals surface area contributed by atoms with Gasteiger partial charge in [0.25, 0.3) is 0 Å². The van der Waals surface area contributed by atoms with Crippen LogP contribution in [0.25, 0.3) is 0 Å². The number of phenols is 2. The minimum Gasteiger partial charge on any atom is -0.507 e. The summed E-state index contributed by atoms with van der Waals surface area (Å²) in [5.41, 5.74) is -4.27. The van der Waals surface area contributed by atoms with E-state index in [2.05, 4.69) is 0 Å². The first kappa shape index (κ1) is 27.1. The maximum Gasteiger partial charge on any atom is 0.202 e. The van der Waals surface area contributed by atoms with Crippen molar-refractivity contribution >= 4 is 17.3 Å². The molecule has 6 atom stereocenters. The van der Waals surface area contributed by atoms with E-state index in [1.807, 2.05) is 0 Å². The van der Waals surface area contributed by atoms with Crippen molar-refractivity contribution in [2.75, 3.05) is 20.3 Å². The lowest BCUT2D eigenvalue weighted by atomic mass is 9.72. The summed E-state index contributed by atoms with van der Waals surface area (Å²) in [6.07, 6.45) is -8.96. The lowest BCUT2D eigenvalue weighted by Gasteiger charge is -2.39. The van der Waals surface area contributed by atoms with E-state index in [4.69, 9.17) is 14.2 Å². The van der Waals surface area contributed by atoms with Gasteiger partial charge in [0.05, 0.1) is 36.5 Å². The Labute approximate surface area is 220 Å². The number of rotatable bonds is 6. The lowest BCUT2D eigenvalue weighted by Crippen LogP contribution is -2.48. The Morgan fingerprint density at radius 3 is 2.36 bits per heavy atom. The highest BCUT2D eigenvalue weighted by molar-refractivity contribution is 6.31. The van der Waals surface area contributed by atoms with E-state index in [0.29, 0.717) is 0 Å². The molecule has 1 saturated heterocycles. The number of aliphatic hydroxyl groups is 5. The number of methoxy groups -OCH3 is 1. The molecular formula is C26H26O13. The number of carbonyl (C=O) groups excluding carboxylic acids is 3. The summed E-state index contributed by atoms with van der Waals surface area (Å²) >= 11 is 0. The number of hydrogen-bond acceptors (Lipinski definition) is 13. The molecule has 2 aliphatic carbocycles. The van der Waals surface area contributed by atoms with Gasteiger partial charge < -0.3 is 50.0 Å². The SMILES string of the molecule is COc1cccc2c1C(=O)c1c(O)c3c(c(O)c1C2=O)C[C@@](O)(C(=O)CO)C[C@H]3O[C@@H]1O[C@H](CO)[C@@H](O)[C@H]1O. The van der Waals surface area contributed by atoms with E-state index in [1.165, 1.54) is 25.3 Å². The maximum atomic E-state index is 13.6. The molecule has 7 N–H and O–H groups in total. The van der Waals surface area contributed by atoms with Crippen LogP contribution in [0.2, 0.25) is 0 Å². The van der Waals surface area contributed by atoms with Gasteiger partial charge in [-0.2, -0.15) is 0 Å². The van der Waals surface area contributed by atoms with Crippen molar-refractivity contribution in [1.82, 2.24) is 0 Å². The van der Waals surface area contributed by atoms with Crippen LogP contribution < -0.4 is 4.74 Å². The van der Waals surface area contributed by atoms with E-state index >= 15 is 0 Å². The van der Waals surface area contributed by atoms with Gasteiger partial charge in [0.1, 0.15) is 47.8 Å². The van der Waals surface area contributed by atoms with Crippen molar-refractivity contribution in [3.63, 3.8) is 0 Å². The van der Waals surface area contributed by atoms with Crippen molar-refractivity contribution in [3.05, 3.63) is 51.6 Å². The summed E-state index contributed by atoms with van der Waals surface area (Å²) in [6.45, 7) is -1.77. The molecule has 5 rings (SSSR count). The van der Waals surface area contributed by atoms with Crippen LogP contribution in [0.1, 0.15) is 55.5 Å². The molecule has 1 heterocycles. The molecule has 0 saturated carbocycles. The highest BCUT2D eigenvalue weighted by Gasteiger charge is 2.51. The minimum atomic E-state index is -2.36. The highest BCUT2D eigenvalue weighted by Crippen LogP contribution is 2.52. The molecule has 0 spiro atoms. The minimum absolute atomic E-state index is 0.0512. The molecule has 3 aliphatic rings. The first-order valence-electron chi connectivity index (χ1n) is 12.0. The average molecular weight is 546 g/mol. The summed E-state index contributed by atoms with van der Waals surface area (Å²) in [4.78, 5) is 39.6. The Kier molecular flexibility index (Phi) is 6.71. The van der Waals surface area contributed by atoms with Gasteiger partial charge in [0.2, 0.25) is 5.78 Å². The van der Waals surface area contributed by atoms with Crippen molar-refractivity contribution < 1.29 is 64.3 Å². The van der Waals surface area contributed by atoms with Crippen LogP contribution in [0.3, 0.4) is 0 Å². The van der Waals surface area contributed by atoms with Crippen LogP contribution in [0.15, 0.2) is 18.2 Å². The van der Waals surface area contributed by atoms with E-state index in [9.17, 15) is 50.1 Å². The number of aromatic hydroxyl groups is 2. The average Bonchev–Trinajstić information content (AvgIpc) is 3.20. The molecule has 39 heavy (non-hydrogen) atoms. The quantitative estimate of drug-likeness (QED) is 0.177. The van der Waals surface area contributed by atoms with Crippen LogP contribution in [0.4, 0.5) is 0 Å². The zero-order valence-corrected chi connectivity index (χ0v) is 20.5. The van der Waals surface area contributed by atoms with Crippen LogP contribution in [0.5, 0.6) is 17.2 Å². The number of fused-ring (bicyclic) bond motifs is 3. The predicted octanol–water partition coefficient (Wildman–Crippen LogP) is -1.38. The molecule has 0 aromatic heterocycles. The van der Waals surface area contributed by atoms with E-state index in [0.717, 1.165) is 0 Å². The van der Waals surface area contributed by atoms with Crippen LogP contribution in [0, 0.1) is 0 Å². The van der Waals surface area contributed by atoms with Gasteiger partial charge in [-0.1, -0.05) is 12.1 Å². The molecule has 1 fully saturated rings. The van der Waals surface area contributed by atoms with Crippen LogP contribution in [-0.2, 0) is 20.7 Å². The Hall–Kier alpha value is -3.43. The summed E-state index contributed by atoms with van der Waals surface area (Å²) < 4.78 is 16.3. The zero-order chi connectivity index (χ0) is 28.4. The summed E-state index contributed by atoms with van der Waals surface area (Å²) in [6, 6.07) is 4.25. The molecule has 13 nitrogen and oxygen atoms in total. The number of carbonyl (C=O) groups is 3. The monoisotopic (exact) mass is 546 g/mol. The first-order chi connectivity index (χ1) is 18.5. The van der Waals surface area contributed by atoms with Crippen molar-refractivity contribution in [2.45, 2.75) is 49.1 Å². The van der Waals surface area contributed by atoms with Gasteiger partial charge in [-0.3, -0.25) is 14.4 Å². The Morgan fingerprint density at radius 1 is 1.05 bits per heavy atom. The molecular weight excluding hydrogens is 520 g/mol. The van der Waals surface area contributed by atoms with E-state index in [1.54, 1.807) is 0 Å². The molecule has 0 amide bonds. The number of Topliss-reactive ketones (excluding diaryl/α,β-unsaturated/α-hetero) is 1. The number of ether oxygens (including phenoxy) is 3. The fourth-order valence-electron chi connectivity index (χ4n) is 5.53. The Bertz CT molecular complexity index is 1380. The second-order valence-electron chi connectivity index (χ2n) is 9.71. The van der Waals surface area contributed by atoms with Crippen molar-refractivity contribution in [1.29, 1.82) is 0 Å². The number of hydrogen-bond donors (Lipinski definition) is 7. The van der Waals surface area contributed by atoms with Crippen molar-refractivity contribution in [2.24, 2.45) is 0 Å². The fraction of sp³-hybridized carbons (Fsp3) is 0.423. The standard InChI is InChI=1S/C26H26O13/c1-37-11-4-2-3-9-15(11)22(33)18-17(19(9)30)20(31)10-5-26(36,14(29)8-28)6-12(16(10)23(18)34)38-25-24(35)21(32)13(7-27)39-25/h2-4,12-13,21,24-25,27-28,31-32,34-36H,5-8H2,1H3/t12-,13-,21-,24-,25-,26+/m1/s1. The first-order valence-corrected chi connectivity index (χ1v) is 12.0. The Morgan fingerprint density at radius 2 is 1.74 bits per heavy atom. The second kappa shape index (κ2) is 9.64. The molecule has 13 heteroatoms. The zero-order valence-electron chi connectivity index (χ0n) is 20.5. The predicted molar refractivity (Wildman–Crippen MR) is 127 cm³/mol. The number of phenolic OH excluding ortho intramolecular Hbond substituents is 2. The van der Waals surface area contributed by atoms with Gasteiger partial charge in [-0.15, -0.1) is 0 Å². The normalized spacial score (nSPS) is 29.5. The number of benzene rings is 2. The fourth-order valence-corrected chi connectivity index (χ4v) is 5.53. The molecule has 0 bridgehead atoms. The van der Waals surface area contributed by atoms with Gasteiger partial charge in [0.15, 0.2) is 17.9 Å².